The molecule has 4 nitrogen and oxygen atoms in total. The molecule has 1 aromatic heterocycles. The van der Waals surface area contributed by atoms with E-state index in [1.54, 1.807) is 12.4 Å². The summed E-state index contributed by atoms with van der Waals surface area (Å²) in [4.78, 5) is 3.94. The Morgan fingerprint density at radius 3 is 3.00 bits per heavy atom. The number of hydrogen-bond acceptors (Lipinski definition) is 4. The summed E-state index contributed by atoms with van der Waals surface area (Å²) in [7, 11) is 0. The van der Waals surface area contributed by atoms with Crippen molar-refractivity contribution in [3.63, 3.8) is 0 Å². The molecular formula is C11H12N2O2. The number of ether oxygens (including phenoxy) is 2. The zero-order valence-electron chi connectivity index (χ0n) is 8.51. The van der Waals surface area contributed by atoms with Gasteiger partial charge < -0.3 is 9.47 Å². The third-order valence-corrected chi connectivity index (χ3v) is 2.46. The van der Waals surface area contributed by atoms with Crippen molar-refractivity contribution in [2.24, 2.45) is 0 Å². The lowest BCUT2D eigenvalue weighted by atomic mass is 10.1. The van der Waals surface area contributed by atoms with Crippen LogP contribution < -0.4 is 0 Å². The first kappa shape index (κ1) is 10.1. The molecule has 2 rings (SSSR count). The Bertz CT molecular complexity index is 374. The van der Waals surface area contributed by atoms with Crippen molar-refractivity contribution in [3.05, 3.63) is 30.1 Å². The van der Waals surface area contributed by atoms with Crippen molar-refractivity contribution in [3.8, 4) is 6.07 Å². The summed E-state index contributed by atoms with van der Waals surface area (Å²) in [6, 6.07) is 5.79. The minimum absolute atomic E-state index is 0.131. The third kappa shape index (κ3) is 1.99. The predicted molar refractivity (Wildman–Crippen MR) is 52.6 cm³/mol. The van der Waals surface area contributed by atoms with Gasteiger partial charge in [0, 0.05) is 18.0 Å². The van der Waals surface area contributed by atoms with Crippen LogP contribution in [0.5, 0.6) is 0 Å². The number of rotatable bonds is 2. The normalized spacial score (nSPS) is 30.0. The second-order valence-corrected chi connectivity index (χ2v) is 3.59. The molecule has 4 heteroatoms. The number of nitrogens with zero attached hydrogens (tertiary/aromatic N) is 2. The first-order valence-corrected chi connectivity index (χ1v) is 4.84. The molecule has 0 aromatic carbocycles. The molecule has 2 atom stereocenters. The Kier molecular flexibility index (Phi) is 2.67. The van der Waals surface area contributed by atoms with Crippen LogP contribution in [-0.4, -0.2) is 17.7 Å². The van der Waals surface area contributed by atoms with Crippen molar-refractivity contribution in [1.29, 1.82) is 5.26 Å². The van der Waals surface area contributed by atoms with E-state index in [-0.39, 0.29) is 6.10 Å². The first-order chi connectivity index (χ1) is 7.24. The zero-order valence-corrected chi connectivity index (χ0v) is 8.51. The van der Waals surface area contributed by atoms with Gasteiger partial charge in [-0.1, -0.05) is 0 Å². The quantitative estimate of drug-likeness (QED) is 0.734. The number of pyridine rings is 1. The molecule has 0 spiro atoms. The van der Waals surface area contributed by atoms with E-state index in [4.69, 9.17) is 14.7 Å². The summed E-state index contributed by atoms with van der Waals surface area (Å²) in [5.74, 6) is -0.732. The highest BCUT2D eigenvalue weighted by atomic mass is 16.7. The molecule has 78 valence electrons. The maximum atomic E-state index is 8.57. The van der Waals surface area contributed by atoms with Gasteiger partial charge in [0.1, 0.15) is 0 Å². The third-order valence-electron chi connectivity index (χ3n) is 2.46. The second-order valence-electron chi connectivity index (χ2n) is 3.59. The number of hydrogen-bond donors (Lipinski definition) is 0. The van der Waals surface area contributed by atoms with Gasteiger partial charge in [-0.25, -0.2) is 0 Å². The molecular weight excluding hydrogens is 192 g/mol. The molecule has 1 aliphatic heterocycles. The summed E-state index contributed by atoms with van der Waals surface area (Å²) >= 11 is 0. The molecule has 0 aliphatic carbocycles. The number of nitriles is 1. The first-order valence-electron chi connectivity index (χ1n) is 4.84. The largest absolute Gasteiger partial charge is 0.343 e. The van der Waals surface area contributed by atoms with Crippen molar-refractivity contribution in [2.45, 2.75) is 25.2 Å². The van der Waals surface area contributed by atoms with E-state index in [2.05, 4.69) is 11.1 Å². The van der Waals surface area contributed by atoms with Crippen LogP contribution >= 0.6 is 0 Å². The van der Waals surface area contributed by atoms with Gasteiger partial charge in [-0.2, -0.15) is 5.26 Å². The van der Waals surface area contributed by atoms with Crippen LogP contribution in [0.3, 0.4) is 0 Å². The molecule has 1 aromatic rings. The average Bonchev–Trinajstić information content (AvgIpc) is 2.64. The van der Waals surface area contributed by atoms with Crippen LogP contribution in [0.1, 0.15) is 18.9 Å². The monoisotopic (exact) mass is 204 g/mol. The van der Waals surface area contributed by atoms with Crippen LogP contribution in [-0.2, 0) is 15.3 Å². The van der Waals surface area contributed by atoms with E-state index in [0.717, 1.165) is 5.56 Å². The lowest BCUT2D eigenvalue weighted by molar-refractivity contribution is -0.161. The van der Waals surface area contributed by atoms with Crippen molar-refractivity contribution >= 4 is 0 Å². The molecule has 15 heavy (non-hydrogen) atoms. The number of aromatic nitrogens is 1. The molecule has 0 bridgehead atoms. The van der Waals surface area contributed by atoms with Gasteiger partial charge in [-0.15, -0.1) is 0 Å². The molecule has 1 saturated heterocycles. The van der Waals surface area contributed by atoms with E-state index >= 15 is 0 Å². The Labute approximate surface area is 88.5 Å². The fourth-order valence-corrected chi connectivity index (χ4v) is 1.65. The zero-order chi connectivity index (χ0) is 10.7. The van der Waals surface area contributed by atoms with Gasteiger partial charge >= 0.3 is 0 Å². The van der Waals surface area contributed by atoms with Gasteiger partial charge in [-0.3, -0.25) is 4.98 Å². The standard InChI is InChI=1S/C11H12N2O2/c1-11(9-3-6-13-7-4-9)14-8-10(15-11)2-5-12/h3-4,6-7,10H,2,8H2,1H3. The Balaban J connectivity index is 2.14. The smallest absolute Gasteiger partial charge is 0.192 e. The summed E-state index contributed by atoms with van der Waals surface area (Å²) in [5, 5.41) is 8.57. The average molecular weight is 204 g/mol. The predicted octanol–water partition coefficient (Wildman–Crippen LogP) is 1.58. The van der Waals surface area contributed by atoms with Gasteiger partial charge in [0.25, 0.3) is 0 Å². The molecule has 0 amide bonds. The van der Waals surface area contributed by atoms with Crippen molar-refractivity contribution < 1.29 is 9.47 Å². The highest BCUT2D eigenvalue weighted by molar-refractivity contribution is 5.16. The van der Waals surface area contributed by atoms with E-state index in [9.17, 15) is 0 Å². The van der Waals surface area contributed by atoms with Crippen LogP contribution in [0.25, 0.3) is 0 Å². The molecule has 2 unspecified atom stereocenters. The van der Waals surface area contributed by atoms with E-state index in [1.165, 1.54) is 0 Å². The summed E-state index contributed by atoms with van der Waals surface area (Å²) in [6.45, 7) is 2.33. The van der Waals surface area contributed by atoms with Crippen LogP contribution in [0.2, 0.25) is 0 Å². The van der Waals surface area contributed by atoms with Gasteiger partial charge in [0.15, 0.2) is 5.79 Å². The molecule has 0 N–H and O–H groups in total. The van der Waals surface area contributed by atoms with Crippen molar-refractivity contribution in [1.82, 2.24) is 4.98 Å². The SMILES string of the molecule is CC1(c2ccncc2)OCC(CC#N)O1. The highest BCUT2D eigenvalue weighted by Gasteiger charge is 2.38. The summed E-state index contributed by atoms with van der Waals surface area (Å²) < 4.78 is 11.3. The Morgan fingerprint density at radius 1 is 1.60 bits per heavy atom. The molecule has 2 heterocycles. The minimum Gasteiger partial charge on any atom is -0.343 e. The lowest BCUT2D eigenvalue weighted by Gasteiger charge is -2.23. The Hall–Kier alpha value is -1.44. The van der Waals surface area contributed by atoms with E-state index in [1.807, 2.05) is 19.1 Å². The Morgan fingerprint density at radius 2 is 2.33 bits per heavy atom. The maximum absolute atomic E-state index is 8.57. The van der Waals surface area contributed by atoms with Gasteiger partial charge in [-0.05, 0) is 19.1 Å². The molecule has 1 fully saturated rings. The molecule has 0 saturated carbocycles. The lowest BCUT2D eigenvalue weighted by Crippen LogP contribution is -2.23. The van der Waals surface area contributed by atoms with Gasteiger partial charge in [0.05, 0.1) is 25.2 Å². The topological polar surface area (TPSA) is 55.1 Å². The summed E-state index contributed by atoms with van der Waals surface area (Å²) in [6.07, 6.45) is 3.63. The van der Waals surface area contributed by atoms with Crippen LogP contribution in [0.15, 0.2) is 24.5 Å². The summed E-state index contributed by atoms with van der Waals surface area (Å²) in [5.41, 5.74) is 0.929. The molecule has 0 radical (unpaired) electrons. The fourth-order valence-electron chi connectivity index (χ4n) is 1.65. The maximum Gasteiger partial charge on any atom is 0.192 e. The van der Waals surface area contributed by atoms with Crippen LogP contribution in [0.4, 0.5) is 0 Å². The van der Waals surface area contributed by atoms with E-state index < -0.39 is 5.79 Å². The highest BCUT2D eigenvalue weighted by Crippen LogP contribution is 2.34. The second kappa shape index (κ2) is 3.97. The minimum atomic E-state index is -0.732. The van der Waals surface area contributed by atoms with Gasteiger partial charge in [0.2, 0.25) is 0 Å². The molecule has 1 aliphatic rings. The van der Waals surface area contributed by atoms with Crippen LogP contribution in [0, 0.1) is 11.3 Å². The van der Waals surface area contributed by atoms with Crippen molar-refractivity contribution in [2.75, 3.05) is 6.61 Å². The fraction of sp³-hybridized carbons (Fsp3) is 0.455. The van der Waals surface area contributed by atoms with E-state index in [0.29, 0.717) is 13.0 Å².